The van der Waals surface area contributed by atoms with Crippen molar-refractivity contribution in [3.8, 4) is 0 Å². The summed E-state index contributed by atoms with van der Waals surface area (Å²) in [5.74, 6) is -0.208. The van der Waals surface area contributed by atoms with Crippen LogP contribution in [0.3, 0.4) is 0 Å². The maximum absolute atomic E-state index is 11.9. The number of imidazole rings is 1. The number of aryl methyl sites for hydroxylation is 1. The molecule has 0 aliphatic carbocycles. The normalized spacial score (nSPS) is 11.7. The van der Waals surface area contributed by atoms with Gasteiger partial charge in [0.25, 0.3) is 0 Å². The van der Waals surface area contributed by atoms with Gasteiger partial charge in [-0.2, -0.15) is 13.2 Å². The number of alkyl halides is 3. The zero-order chi connectivity index (χ0) is 15.3. The Morgan fingerprint density at radius 2 is 2.10 bits per heavy atom. The number of nitrogens with two attached hydrogens (primary N) is 1. The van der Waals surface area contributed by atoms with E-state index in [9.17, 15) is 18.0 Å². The average Bonchev–Trinajstić information content (AvgIpc) is 2.60. The lowest BCUT2D eigenvalue weighted by atomic mass is 10.4. The lowest BCUT2D eigenvalue weighted by molar-refractivity contribution is -0.174. The van der Waals surface area contributed by atoms with Crippen LogP contribution in [0.25, 0.3) is 0 Å². The first kappa shape index (κ1) is 16.3. The van der Waals surface area contributed by atoms with Crippen molar-refractivity contribution in [2.75, 3.05) is 25.6 Å². The van der Waals surface area contributed by atoms with E-state index in [2.05, 4.69) is 9.72 Å². The smallest absolute Gasteiger partial charge is 0.411 e. The van der Waals surface area contributed by atoms with Crippen LogP contribution in [0.1, 0.15) is 23.2 Å². The second-order valence-electron chi connectivity index (χ2n) is 3.93. The molecule has 9 heteroatoms. The van der Waals surface area contributed by atoms with Crippen LogP contribution in [-0.2, 0) is 16.0 Å². The lowest BCUT2D eigenvalue weighted by Gasteiger charge is -2.10. The molecular formula is C11H16F3N3O3. The van der Waals surface area contributed by atoms with E-state index in [4.69, 9.17) is 10.5 Å². The van der Waals surface area contributed by atoms with Crippen molar-refractivity contribution < 1.29 is 27.4 Å². The highest BCUT2D eigenvalue weighted by atomic mass is 19.4. The highest BCUT2D eigenvalue weighted by Gasteiger charge is 2.27. The molecule has 6 nitrogen and oxygen atoms in total. The van der Waals surface area contributed by atoms with E-state index >= 15 is 0 Å². The van der Waals surface area contributed by atoms with Crippen LogP contribution in [-0.4, -0.2) is 41.5 Å². The summed E-state index contributed by atoms with van der Waals surface area (Å²) < 4.78 is 46.4. The molecule has 1 rings (SSSR count). The number of nitrogen functional groups attached to an aromatic ring is 1. The predicted molar refractivity (Wildman–Crippen MR) is 64.2 cm³/mol. The summed E-state index contributed by atoms with van der Waals surface area (Å²) in [5.41, 5.74) is 5.68. The molecule has 1 aromatic rings. The standard InChI is InChI=1S/C11H16F3N3O3/c1-3-20-10(18)8-9(15)17(7(2)16-8)4-5-19-6-11(12,13)14/h3-6,15H2,1-2H3. The number of hydrogen-bond donors (Lipinski definition) is 1. The molecule has 20 heavy (non-hydrogen) atoms. The van der Waals surface area contributed by atoms with Crippen molar-refractivity contribution in [2.45, 2.75) is 26.6 Å². The molecule has 1 heterocycles. The van der Waals surface area contributed by atoms with Gasteiger partial charge in [-0.25, -0.2) is 9.78 Å². The Hall–Kier alpha value is -1.77. The number of ether oxygens (including phenoxy) is 2. The molecule has 0 spiro atoms. The maximum Gasteiger partial charge on any atom is 0.411 e. The SMILES string of the molecule is CCOC(=O)c1nc(C)n(CCOCC(F)(F)F)c1N. The van der Waals surface area contributed by atoms with E-state index in [-0.39, 0.29) is 31.3 Å². The summed E-state index contributed by atoms with van der Waals surface area (Å²) in [6, 6.07) is 0. The molecule has 0 bridgehead atoms. The Balaban J connectivity index is 2.65. The fourth-order valence-electron chi connectivity index (χ4n) is 1.56. The summed E-state index contributed by atoms with van der Waals surface area (Å²) in [6.45, 7) is 1.96. The minimum Gasteiger partial charge on any atom is -0.461 e. The fraction of sp³-hybridized carbons (Fsp3) is 0.636. The van der Waals surface area contributed by atoms with Gasteiger partial charge in [0.2, 0.25) is 0 Å². The Kier molecular flexibility index (Phi) is 5.37. The van der Waals surface area contributed by atoms with Gasteiger partial charge in [0.15, 0.2) is 5.69 Å². The monoisotopic (exact) mass is 295 g/mol. The van der Waals surface area contributed by atoms with Gasteiger partial charge in [0.05, 0.1) is 13.2 Å². The summed E-state index contributed by atoms with van der Waals surface area (Å²) in [6.07, 6.45) is -4.37. The number of aromatic nitrogens is 2. The Morgan fingerprint density at radius 1 is 1.45 bits per heavy atom. The number of nitrogens with zero attached hydrogens (tertiary/aromatic N) is 2. The quantitative estimate of drug-likeness (QED) is 0.636. The van der Waals surface area contributed by atoms with Gasteiger partial charge in [0, 0.05) is 6.54 Å². The number of halogens is 3. The zero-order valence-corrected chi connectivity index (χ0v) is 11.2. The molecule has 0 fully saturated rings. The largest absolute Gasteiger partial charge is 0.461 e. The summed E-state index contributed by atoms with van der Waals surface area (Å²) >= 11 is 0. The van der Waals surface area contributed by atoms with Crippen LogP contribution in [0, 0.1) is 6.92 Å². The first-order chi connectivity index (χ1) is 9.26. The second kappa shape index (κ2) is 6.60. The number of carbonyl (C=O) groups excluding carboxylic acids is 1. The van der Waals surface area contributed by atoms with Gasteiger partial charge in [0.1, 0.15) is 18.2 Å². The third-order valence-electron chi connectivity index (χ3n) is 2.39. The van der Waals surface area contributed by atoms with Gasteiger partial charge in [-0.3, -0.25) is 0 Å². The van der Waals surface area contributed by atoms with Gasteiger partial charge < -0.3 is 19.8 Å². The second-order valence-corrected chi connectivity index (χ2v) is 3.93. The number of hydrogen-bond acceptors (Lipinski definition) is 5. The minimum atomic E-state index is -4.37. The summed E-state index contributed by atoms with van der Waals surface area (Å²) in [4.78, 5) is 15.5. The van der Waals surface area contributed by atoms with E-state index in [1.807, 2.05) is 0 Å². The first-order valence-electron chi connectivity index (χ1n) is 5.90. The third-order valence-corrected chi connectivity index (χ3v) is 2.39. The van der Waals surface area contributed by atoms with Crippen molar-refractivity contribution in [1.82, 2.24) is 9.55 Å². The van der Waals surface area contributed by atoms with Crippen LogP contribution >= 0.6 is 0 Å². The number of carbonyl (C=O) groups is 1. The lowest BCUT2D eigenvalue weighted by Crippen LogP contribution is -2.19. The van der Waals surface area contributed by atoms with Crippen molar-refractivity contribution in [1.29, 1.82) is 0 Å². The fourth-order valence-corrected chi connectivity index (χ4v) is 1.56. The average molecular weight is 295 g/mol. The molecule has 0 aliphatic rings. The Bertz CT molecular complexity index is 471. The van der Waals surface area contributed by atoms with Crippen molar-refractivity contribution in [2.24, 2.45) is 0 Å². The third kappa shape index (κ3) is 4.41. The molecule has 114 valence electrons. The zero-order valence-electron chi connectivity index (χ0n) is 11.2. The van der Waals surface area contributed by atoms with Gasteiger partial charge in [-0.15, -0.1) is 0 Å². The van der Waals surface area contributed by atoms with Crippen molar-refractivity contribution in [3.05, 3.63) is 11.5 Å². The molecule has 0 saturated heterocycles. The van der Waals surface area contributed by atoms with Gasteiger partial charge in [-0.05, 0) is 13.8 Å². The van der Waals surface area contributed by atoms with Crippen LogP contribution in [0.2, 0.25) is 0 Å². The van der Waals surface area contributed by atoms with E-state index in [1.165, 1.54) is 4.57 Å². The molecule has 0 atom stereocenters. The number of rotatable bonds is 6. The molecule has 0 aliphatic heterocycles. The van der Waals surface area contributed by atoms with E-state index in [0.29, 0.717) is 5.82 Å². The molecule has 0 aromatic carbocycles. The Morgan fingerprint density at radius 3 is 2.65 bits per heavy atom. The molecule has 0 radical (unpaired) electrons. The van der Waals surface area contributed by atoms with Crippen LogP contribution in [0.4, 0.5) is 19.0 Å². The molecule has 1 aromatic heterocycles. The Labute approximate surface area is 113 Å². The van der Waals surface area contributed by atoms with E-state index in [1.54, 1.807) is 13.8 Å². The minimum absolute atomic E-state index is 0.0415. The first-order valence-corrected chi connectivity index (χ1v) is 5.90. The van der Waals surface area contributed by atoms with Crippen molar-refractivity contribution in [3.63, 3.8) is 0 Å². The highest BCUT2D eigenvalue weighted by molar-refractivity contribution is 5.92. The van der Waals surface area contributed by atoms with Gasteiger partial charge >= 0.3 is 12.1 Å². The number of anilines is 1. The van der Waals surface area contributed by atoms with Crippen LogP contribution in [0.15, 0.2) is 0 Å². The van der Waals surface area contributed by atoms with Gasteiger partial charge in [-0.1, -0.05) is 0 Å². The number of esters is 1. The summed E-state index contributed by atoms with van der Waals surface area (Å²) in [7, 11) is 0. The summed E-state index contributed by atoms with van der Waals surface area (Å²) in [5, 5.41) is 0. The van der Waals surface area contributed by atoms with E-state index < -0.39 is 18.8 Å². The van der Waals surface area contributed by atoms with Crippen LogP contribution < -0.4 is 5.73 Å². The molecular weight excluding hydrogens is 279 g/mol. The van der Waals surface area contributed by atoms with E-state index in [0.717, 1.165) is 0 Å². The highest BCUT2D eigenvalue weighted by Crippen LogP contribution is 2.17. The molecule has 2 N–H and O–H groups in total. The van der Waals surface area contributed by atoms with Crippen LogP contribution in [0.5, 0.6) is 0 Å². The predicted octanol–water partition coefficient (Wildman–Crippen LogP) is 1.53. The maximum atomic E-state index is 11.9. The molecule has 0 unspecified atom stereocenters. The topological polar surface area (TPSA) is 79.4 Å². The molecule has 0 amide bonds. The molecule has 0 saturated carbocycles. The van der Waals surface area contributed by atoms with Crippen molar-refractivity contribution >= 4 is 11.8 Å².